The van der Waals surface area contributed by atoms with Gasteiger partial charge in [-0.05, 0) is 57.5 Å². The van der Waals surface area contributed by atoms with Crippen LogP contribution in [-0.2, 0) is 0 Å². The number of aryl methyl sites for hydroxylation is 2. The highest BCUT2D eigenvalue weighted by atomic mass is 32.1. The molecule has 4 heteroatoms. The molecule has 2 aromatic rings. The number of hydrogen-bond acceptors (Lipinski definition) is 4. The molecule has 0 spiro atoms. The summed E-state index contributed by atoms with van der Waals surface area (Å²) >= 11 is 1.53. The zero-order valence-electron chi connectivity index (χ0n) is 12.9. The summed E-state index contributed by atoms with van der Waals surface area (Å²) in [6.07, 6.45) is 0. The van der Waals surface area contributed by atoms with Crippen molar-refractivity contribution in [2.45, 2.75) is 27.7 Å². The number of hydrogen-bond donors (Lipinski definition) is 0. The molecule has 0 fully saturated rings. The summed E-state index contributed by atoms with van der Waals surface area (Å²) in [7, 11) is 0. The highest BCUT2D eigenvalue weighted by Crippen LogP contribution is 2.31. The first-order valence-corrected chi connectivity index (χ1v) is 7.89. The second kappa shape index (κ2) is 6.76. The van der Waals surface area contributed by atoms with Gasteiger partial charge < -0.3 is 9.47 Å². The lowest BCUT2D eigenvalue weighted by Crippen LogP contribution is -2.03. The van der Waals surface area contributed by atoms with E-state index in [0.717, 1.165) is 15.3 Å². The molecule has 0 aliphatic rings. The van der Waals surface area contributed by atoms with E-state index in [1.54, 1.807) is 18.2 Å². The largest absolute Gasteiger partial charge is 0.490 e. The predicted molar refractivity (Wildman–Crippen MR) is 86.0 cm³/mol. The average molecular weight is 304 g/mol. The Bertz CT molecular complexity index is 643. The molecule has 0 radical (unpaired) electrons. The zero-order chi connectivity index (χ0) is 15.4. The van der Waals surface area contributed by atoms with E-state index >= 15 is 0 Å². The van der Waals surface area contributed by atoms with E-state index in [2.05, 4.69) is 0 Å². The molecule has 0 aliphatic carbocycles. The molecular formula is C17H20O3S. The first-order valence-electron chi connectivity index (χ1n) is 7.08. The van der Waals surface area contributed by atoms with Gasteiger partial charge in [0.1, 0.15) is 0 Å². The maximum Gasteiger partial charge on any atom is 0.203 e. The van der Waals surface area contributed by atoms with Crippen molar-refractivity contribution in [2.24, 2.45) is 0 Å². The maximum absolute atomic E-state index is 12.6. The number of carbonyl (C=O) groups excluding carboxylic acids is 1. The van der Waals surface area contributed by atoms with Crippen molar-refractivity contribution in [3.8, 4) is 11.5 Å². The molecule has 21 heavy (non-hydrogen) atoms. The van der Waals surface area contributed by atoms with Crippen molar-refractivity contribution in [3.63, 3.8) is 0 Å². The van der Waals surface area contributed by atoms with E-state index in [1.165, 1.54) is 11.3 Å². The van der Waals surface area contributed by atoms with Gasteiger partial charge in [-0.15, -0.1) is 11.3 Å². The quantitative estimate of drug-likeness (QED) is 0.742. The Balaban J connectivity index is 2.37. The lowest BCUT2D eigenvalue weighted by molar-refractivity contribution is 0.104. The Morgan fingerprint density at radius 1 is 1.05 bits per heavy atom. The van der Waals surface area contributed by atoms with Crippen LogP contribution in [0.15, 0.2) is 24.3 Å². The van der Waals surface area contributed by atoms with Gasteiger partial charge in [-0.2, -0.15) is 0 Å². The summed E-state index contributed by atoms with van der Waals surface area (Å²) in [5, 5.41) is 0. The van der Waals surface area contributed by atoms with E-state index in [4.69, 9.17) is 9.47 Å². The van der Waals surface area contributed by atoms with Crippen LogP contribution < -0.4 is 9.47 Å². The zero-order valence-corrected chi connectivity index (χ0v) is 13.7. The van der Waals surface area contributed by atoms with Gasteiger partial charge in [0.15, 0.2) is 11.5 Å². The third-order valence-electron chi connectivity index (χ3n) is 3.05. The van der Waals surface area contributed by atoms with Crippen LogP contribution in [0.4, 0.5) is 0 Å². The Labute approximate surface area is 129 Å². The van der Waals surface area contributed by atoms with Gasteiger partial charge in [-0.25, -0.2) is 0 Å². The van der Waals surface area contributed by atoms with E-state index in [0.29, 0.717) is 30.3 Å². The lowest BCUT2D eigenvalue weighted by Gasteiger charge is -2.12. The summed E-state index contributed by atoms with van der Waals surface area (Å²) in [4.78, 5) is 14.6. The molecule has 0 saturated carbocycles. The highest BCUT2D eigenvalue weighted by Gasteiger charge is 2.17. The molecule has 3 nitrogen and oxygen atoms in total. The summed E-state index contributed by atoms with van der Waals surface area (Å²) in [5.41, 5.74) is 1.65. The van der Waals surface area contributed by atoms with Gasteiger partial charge in [0.2, 0.25) is 5.78 Å². The van der Waals surface area contributed by atoms with Crippen LogP contribution in [0.1, 0.15) is 39.5 Å². The minimum Gasteiger partial charge on any atom is -0.490 e. The Hall–Kier alpha value is -1.81. The standard InChI is InChI=1S/C17H20O3S/c1-5-19-14-8-7-13(10-15(14)20-6-2)16(18)17-11(3)9-12(4)21-17/h7-10H,5-6H2,1-4H3. The summed E-state index contributed by atoms with van der Waals surface area (Å²) in [5.74, 6) is 1.33. The SMILES string of the molecule is CCOc1ccc(C(=O)c2sc(C)cc2C)cc1OCC. The third kappa shape index (κ3) is 3.45. The van der Waals surface area contributed by atoms with Gasteiger partial charge in [-0.1, -0.05) is 0 Å². The summed E-state index contributed by atoms with van der Waals surface area (Å²) in [6.45, 7) is 8.92. The average Bonchev–Trinajstić information content (AvgIpc) is 2.79. The van der Waals surface area contributed by atoms with Gasteiger partial charge >= 0.3 is 0 Å². The molecule has 112 valence electrons. The van der Waals surface area contributed by atoms with Crippen molar-refractivity contribution in [2.75, 3.05) is 13.2 Å². The molecule has 2 rings (SSSR count). The third-order valence-corrected chi connectivity index (χ3v) is 4.20. The molecule has 0 N–H and O–H groups in total. The fraction of sp³-hybridized carbons (Fsp3) is 0.353. The van der Waals surface area contributed by atoms with Gasteiger partial charge in [0.05, 0.1) is 18.1 Å². The molecule has 0 aliphatic heterocycles. The van der Waals surface area contributed by atoms with Crippen molar-refractivity contribution >= 4 is 17.1 Å². The van der Waals surface area contributed by atoms with E-state index in [-0.39, 0.29) is 5.78 Å². The van der Waals surface area contributed by atoms with E-state index < -0.39 is 0 Å². The molecule has 0 bridgehead atoms. The molecular weight excluding hydrogens is 284 g/mol. The minimum absolute atomic E-state index is 0.0367. The van der Waals surface area contributed by atoms with Crippen molar-refractivity contribution < 1.29 is 14.3 Å². The van der Waals surface area contributed by atoms with Crippen LogP contribution in [0.2, 0.25) is 0 Å². The van der Waals surface area contributed by atoms with Crippen molar-refractivity contribution in [3.05, 3.63) is 45.1 Å². The summed E-state index contributed by atoms with van der Waals surface area (Å²) in [6, 6.07) is 7.41. The second-order valence-corrected chi connectivity index (χ2v) is 5.98. The fourth-order valence-corrected chi connectivity index (χ4v) is 3.18. The summed E-state index contributed by atoms with van der Waals surface area (Å²) < 4.78 is 11.1. The minimum atomic E-state index is 0.0367. The topological polar surface area (TPSA) is 35.5 Å². The molecule has 0 saturated heterocycles. The van der Waals surface area contributed by atoms with Gasteiger partial charge in [0, 0.05) is 10.4 Å². The second-order valence-electron chi connectivity index (χ2n) is 4.73. The number of thiophene rings is 1. The van der Waals surface area contributed by atoms with Crippen molar-refractivity contribution in [1.29, 1.82) is 0 Å². The number of ether oxygens (including phenoxy) is 2. The number of ketones is 1. The number of rotatable bonds is 6. The fourth-order valence-electron chi connectivity index (χ4n) is 2.19. The number of carbonyl (C=O) groups is 1. The molecule has 1 aromatic heterocycles. The first kappa shape index (κ1) is 15.6. The Kier molecular flexibility index (Phi) is 5.02. The highest BCUT2D eigenvalue weighted by molar-refractivity contribution is 7.14. The maximum atomic E-state index is 12.6. The Morgan fingerprint density at radius 2 is 1.71 bits per heavy atom. The van der Waals surface area contributed by atoms with Gasteiger partial charge in [0.25, 0.3) is 0 Å². The Morgan fingerprint density at radius 3 is 2.29 bits per heavy atom. The first-order chi connectivity index (χ1) is 10.1. The van der Waals surface area contributed by atoms with Crippen LogP contribution in [0.25, 0.3) is 0 Å². The van der Waals surface area contributed by atoms with E-state index in [1.807, 2.05) is 33.8 Å². The predicted octanol–water partition coefficient (Wildman–Crippen LogP) is 4.39. The molecule has 0 unspecified atom stereocenters. The monoisotopic (exact) mass is 304 g/mol. The van der Waals surface area contributed by atoms with E-state index in [9.17, 15) is 4.79 Å². The van der Waals surface area contributed by atoms with Gasteiger partial charge in [-0.3, -0.25) is 4.79 Å². The smallest absolute Gasteiger partial charge is 0.203 e. The number of benzene rings is 1. The van der Waals surface area contributed by atoms with Crippen LogP contribution in [0, 0.1) is 13.8 Å². The lowest BCUT2D eigenvalue weighted by atomic mass is 10.1. The molecule has 0 amide bonds. The van der Waals surface area contributed by atoms with Crippen LogP contribution in [-0.4, -0.2) is 19.0 Å². The molecule has 1 heterocycles. The molecule has 1 aromatic carbocycles. The molecule has 0 atom stereocenters. The van der Waals surface area contributed by atoms with Crippen LogP contribution in [0.5, 0.6) is 11.5 Å². The normalized spacial score (nSPS) is 10.5. The van der Waals surface area contributed by atoms with Crippen LogP contribution in [0.3, 0.4) is 0 Å². The van der Waals surface area contributed by atoms with Crippen molar-refractivity contribution in [1.82, 2.24) is 0 Å². The van der Waals surface area contributed by atoms with Crippen LogP contribution >= 0.6 is 11.3 Å².